The second-order valence-corrected chi connectivity index (χ2v) is 4.59. The van der Waals surface area contributed by atoms with Crippen molar-refractivity contribution < 1.29 is 14.6 Å². The van der Waals surface area contributed by atoms with E-state index < -0.39 is 6.10 Å². The largest absolute Gasteiger partial charge is 0.492 e. The number of benzene rings is 1. The second kappa shape index (κ2) is 5.87. The summed E-state index contributed by atoms with van der Waals surface area (Å²) in [5.41, 5.74) is 0.931. The molecule has 0 spiro atoms. The van der Waals surface area contributed by atoms with Gasteiger partial charge in [-0.05, 0) is 12.5 Å². The molecule has 4 nitrogen and oxygen atoms in total. The number of ether oxygens (including phenoxy) is 1. The molecule has 2 atom stereocenters. The van der Waals surface area contributed by atoms with Gasteiger partial charge in [0, 0.05) is 12.1 Å². The number of para-hydroxylation sites is 1. The Morgan fingerprint density at radius 1 is 1.56 bits per heavy atom. The molecule has 2 N–H and O–H groups in total. The number of carbonyl (C=O) groups is 1. The highest BCUT2D eigenvalue weighted by molar-refractivity contribution is 5.85. The summed E-state index contributed by atoms with van der Waals surface area (Å²) in [7, 11) is 0. The molecule has 0 aromatic heterocycles. The minimum Gasteiger partial charge on any atom is -0.492 e. The molecule has 1 aromatic carbocycles. The van der Waals surface area contributed by atoms with Crippen LogP contribution in [0.3, 0.4) is 0 Å². The average Bonchev–Trinajstić information content (AvgIpc) is 2.80. The summed E-state index contributed by atoms with van der Waals surface area (Å²) >= 11 is 0. The van der Waals surface area contributed by atoms with Crippen LogP contribution in [0.25, 0.3) is 0 Å². The van der Waals surface area contributed by atoms with Crippen LogP contribution in [0, 0.1) is 0 Å². The fraction of sp³-hybridized carbons (Fsp3) is 0.500. The molecule has 98 valence electrons. The van der Waals surface area contributed by atoms with Crippen molar-refractivity contribution in [1.82, 2.24) is 5.32 Å². The monoisotopic (exact) mass is 249 g/mol. The predicted octanol–water partition coefficient (Wildman–Crippen LogP) is 1.44. The lowest BCUT2D eigenvalue weighted by Gasteiger charge is -2.13. The van der Waals surface area contributed by atoms with E-state index in [2.05, 4.69) is 5.32 Å². The summed E-state index contributed by atoms with van der Waals surface area (Å²) in [6.45, 7) is 2.70. The van der Waals surface area contributed by atoms with Crippen LogP contribution in [0.1, 0.15) is 31.2 Å². The first-order chi connectivity index (χ1) is 8.72. The van der Waals surface area contributed by atoms with Crippen LogP contribution in [0.5, 0.6) is 5.75 Å². The zero-order valence-electron chi connectivity index (χ0n) is 10.6. The molecule has 0 saturated heterocycles. The molecular formula is C14H19NO3. The third-order valence-corrected chi connectivity index (χ3v) is 3.15. The van der Waals surface area contributed by atoms with Gasteiger partial charge in [0.1, 0.15) is 18.3 Å². The summed E-state index contributed by atoms with van der Waals surface area (Å²) in [6, 6.07) is 7.58. The summed E-state index contributed by atoms with van der Waals surface area (Å²) < 4.78 is 5.46. The van der Waals surface area contributed by atoms with Crippen molar-refractivity contribution in [1.29, 1.82) is 0 Å². The number of nitrogens with one attached hydrogen (secondary N) is 1. The number of hydrogen-bond donors (Lipinski definition) is 2. The summed E-state index contributed by atoms with van der Waals surface area (Å²) in [5, 5.41) is 12.4. The quantitative estimate of drug-likeness (QED) is 0.830. The van der Waals surface area contributed by atoms with Crippen LogP contribution in [0.4, 0.5) is 0 Å². The Morgan fingerprint density at radius 3 is 3.11 bits per heavy atom. The lowest BCUT2D eigenvalue weighted by atomic mass is 10.0. The van der Waals surface area contributed by atoms with Crippen LogP contribution in [0.15, 0.2) is 24.3 Å². The van der Waals surface area contributed by atoms with Crippen LogP contribution >= 0.6 is 0 Å². The second-order valence-electron chi connectivity index (χ2n) is 4.59. The Bertz CT molecular complexity index is 419. The van der Waals surface area contributed by atoms with Crippen molar-refractivity contribution in [3.63, 3.8) is 0 Å². The average molecular weight is 249 g/mol. The molecule has 0 radical (unpaired) electrons. The molecule has 2 rings (SSSR count). The minimum atomic E-state index is -0.462. The maximum Gasteiger partial charge on any atom is 0.231 e. The third-order valence-electron chi connectivity index (χ3n) is 3.15. The zero-order chi connectivity index (χ0) is 13.0. The van der Waals surface area contributed by atoms with Crippen LogP contribution in [0.2, 0.25) is 0 Å². The van der Waals surface area contributed by atoms with Gasteiger partial charge in [-0.25, -0.2) is 0 Å². The Hall–Kier alpha value is -1.55. The van der Waals surface area contributed by atoms with Gasteiger partial charge in [0.2, 0.25) is 5.91 Å². The molecule has 0 saturated carbocycles. The first-order valence-corrected chi connectivity index (χ1v) is 6.40. The van der Waals surface area contributed by atoms with Crippen LogP contribution < -0.4 is 10.1 Å². The molecule has 1 heterocycles. The molecular weight excluding hydrogens is 230 g/mol. The number of carbonyl (C=O) groups excluding carboxylic acids is 1. The number of aliphatic hydroxyl groups is 1. The van der Waals surface area contributed by atoms with E-state index >= 15 is 0 Å². The lowest BCUT2D eigenvalue weighted by Crippen LogP contribution is -2.36. The molecule has 4 heteroatoms. The molecule has 1 aliphatic rings. The van der Waals surface area contributed by atoms with Gasteiger partial charge in [0.15, 0.2) is 0 Å². The topological polar surface area (TPSA) is 58.6 Å². The summed E-state index contributed by atoms with van der Waals surface area (Å²) in [5.74, 6) is 0.455. The number of fused-ring (bicyclic) bond motifs is 1. The van der Waals surface area contributed by atoms with Crippen molar-refractivity contribution in [3.05, 3.63) is 29.8 Å². The van der Waals surface area contributed by atoms with E-state index in [9.17, 15) is 9.90 Å². The van der Waals surface area contributed by atoms with E-state index in [1.54, 1.807) is 0 Å². The van der Waals surface area contributed by atoms with Crippen molar-refractivity contribution in [2.24, 2.45) is 0 Å². The van der Waals surface area contributed by atoms with E-state index in [-0.39, 0.29) is 11.8 Å². The lowest BCUT2D eigenvalue weighted by molar-refractivity contribution is -0.123. The molecule has 0 aliphatic carbocycles. The first-order valence-electron chi connectivity index (χ1n) is 6.40. The molecule has 1 aromatic rings. The Labute approximate surface area is 107 Å². The molecule has 1 aliphatic heterocycles. The van der Waals surface area contributed by atoms with Gasteiger partial charge in [-0.15, -0.1) is 0 Å². The van der Waals surface area contributed by atoms with Crippen molar-refractivity contribution in [2.75, 3.05) is 13.2 Å². The van der Waals surface area contributed by atoms with Crippen molar-refractivity contribution >= 4 is 5.91 Å². The molecule has 0 fully saturated rings. The summed E-state index contributed by atoms with van der Waals surface area (Å²) in [4.78, 5) is 12.0. The normalized spacial score (nSPS) is 18.9. The van der Waals surface area contributed by atoms with Gasteiger partial charge in [-0.1, -0.05) is 31.5 Å². The van der Waals surface area contributed by atoms with E-state index in [0.29, 0.717) is 19.6 Å². The van der Waals surface area contributed by atoms with Gasteiger partial charge in [0.25, 0.3) is 0 Å². The summed E-state index contributed by atoms with van der Waals surface area (Å²) in [6.07, 6.45) is 1.15. The maximum atomic E-state index is 12.0. The van der Waals surface area contributed by atoms with E-state index in [4.69, 9.17) is 4.74 Å². The highest BCUT2D eigenvalue weighted by Gasteiger charge is 2.29. The standard InChI is InChI=1S/C14H19NO3/c1-2-5-10(16)8-15-14(17)12-9-18-13-7-4-3-6-11(12)13/h3-4,6-7,10,12,16H,2,5,8-9H2,1H3,(H,15,17). The molecule has 18 heavy (non-hydrogen) atoms. The minimum absolute atomic E-state index is 0.0740. The number of rotatable bonds is 5. The van der Waals surface area contributed by atoms with Gasteiger partial charge >= 0.3 is 0 Å². The Balaban J connectivity index is 1.91. The van der Waals surface area contributed by atoms with Crippen molar-refractivity contribution in [3.8, 4) is 5.75 Å². The highest BCUT2D eigenvalue weighted by atomic mass is 16.5. The first kappa shape index (κ1) is 12.9. The highest BCUT2D eigenvalue weighted by Crippen LogP contribution is 2.33. The molecule has 1 amide bonds. The van der Waals surface area contributed by atoms with Crippen molar-refractivity contribution in [2.45, 2.75) is 31.8 Å². The Kier molecular flexibility index (Phi) is 4.20. The van der Waals surface area contributed by atoms with E-state index in [0.717, 1.165) is 17.7 Å². The number of aliphatic hydroxyl groups excluding tert-OH is 1. The fourth-order valence-corrected chi connectivity index (χ4v) is 2.16. The number of amides is 1. The smallest absolute Gasteiger partial charge is 0.231 e. The van der Waals surface area contributed by atoms with E-state index in [1.807, 2.05) is 31.2 Å². The molecule has 2 unspecified atom stereocenters. The van der Waals surface area contributed by atoms with Gasteiger partial charge < -0.3 is 15.2 Å². The fourth-order valence-electron chi connectivity index (χ4n) is 2.16. The van der Waals surface area contributed by atoms with E-state index in [1.165, 1.54) is 0 Å². The SMILES string of the molecule is CCCC(O)CNC(=O)C1COc2ccccc21. The van der Waals surface area contributed by atoms with Gasteiger partial charge in [-0.2, -0.15) is 0 Å². The van der Waals surface area contributed by atoms with Gasteiger partial charge in [-0.3, -0.25) is 4.79 Å². The van der Waals surface area contributed by atoms with Gasteiger partial charge in [0.05, 0.1) is 6.10 Å². The predicted molar refractivity (Wildman–Crippen MR) is 68.6 cm³/mol. The maximum absolute atomic E-state index is 12.0. The third kappa shape index (κ3) is 2.82. The van der Waals surface area contributed by atoms with Crippen LogP contribution in [-0.4, -0.2) is 30.3 Å². The molecule has 0 bridgehead atoms. The Morgan fingerprint density at radius 2 is 2.33 bits per heavy atom. The number of hydrogen-bond acceptors (Lipinski definition) is 3. The van der Waals surface area contributed by atoms with Crippen LogP contribution in [-0.2, 0) is 4.79 Å². The zero-order valence-corrected chi connectivity index (χ0v) is 10.6.